The molecular weight excluding hydrogens is 310 g/mol. The summed E-state index contributed by atoms with van der Waals surface area (Å²) in [5.74, 6) is -0.733. The molecule has 0 fully saturated rings. The number of carbonyl (C=O) groups is 2. The van der Waals surface area contributed by atoms with Crippen LogP contribution in [0.3, 0.4) is 0 Å². The van der Waals surface area contributed by atoms with Gasteiger partial charge in [0.25, 0.3) is 5.91 Å². The second kappa shape index (κ2) is 5.56. The van der Waals surface area contributed by atoms with Gasteiger partial charge in [-0.3, -0.25) is 9.59 Å². The molecule has 6 heteroatoms. The number of benzene rings is 2. The molecule has 2 aromatic rings. The Morgan fingerprint density at radius 1 is 1.04 bits per heavy atom. The molecule has 2 aromatic carbocycles. The fourth-order valence-corrected chi connectivity index (χ4v) is 3.14. The lowest BCUT2D eigenvalue weighted by Crippen LogP contribution is -2.31. The number of para-hydroxylation sites is 1. The van der Waals surface area contributed by atoms with E-state index >= 15 is 0 Å². The van der Waals surface area contributed by atoms with E-state index in [9.17, 15) is 14.7 Å². The van der Waals surface area contributed by atoms with Crippen LogP contribution in [0.1, 0.15) is 21.8 Å². The summed E-state index contributed by atoms with van der Waals surface area (Å²) in [6.45, 7) is 1.06. The summed E-state index contributed by atoms with van der Waals surface area (Å²) >= 11 is 0. The average molecular weight is 325 g/mol. The van der Waals surface area contributed by atoms with Crippen LogP contribution >= 0.6 is 0 Å². The molecule has 0 saturated carbocycles. The van der Waals surface area contributed by atoms with Gasteiger partial charge < -0.3 is 19.5 Å². The van der Waals surface area contributed by atoms with Gasteiger partial charge in [-0.15, -0.1) is 0 Å². The highest BCUT2D eigenvalue weighted by Gasteiger charge is 2.36. The third-order valence-electron chi connectivity index (χ3n) is 4.30. The van der Waals surface area contributed by atoms with Crippen LogP contribution in [-0.2, 0) is 4.79 Å². The summed E-state index contributed by atoms with van der Waals surface area (Å²) in [4.78, 5) is 25.9. The Morgan fingerprint density at radius 3 is 2.58 bits per heavy atom. The lowest BCUT2D eigenvalue weighted by molar-refractivity contribution is -0.138. The highest BCUT2D eigenvalue weighted by atomic mass is 16.6. The Kier molecular flexibility index (Phi) is 3.37. The maximum atomic E-state index is 12.9. The van der Waals surface area contributed by atoms with Gasteiger partial charge in [-0.05, 0) is 29.8 Å². The standard InChI is InChI=1S/C18H15NO5/c20-17(11-5-6-15-16(9-11)24-8-7-23-15)19-10-13(18(21)22)12-3-1-2-4-14(12)19/h1-6,9,13H,7-8,10H2,(H,21,22)/t13-/m0/s1. The molecule has 1 atom stereocenters. The Balaban J connectivity index is 1.69. The van der Waals surface area contributed by atoms with E-state index in [0.717, 1.165) is 0 Å². The first kappa shape index (κ1) is 14.6. The number of ether oxygens (including phenoxy) is 2. The van der Waals surface area contributed by atoms with E-state index in [4.69, 9.17) is 9.47 Å². The molecule has 0 saturated heterocycles. The number of hydrogen-bond donors (Lipinski definition) is 1. The number of carboxylic acid groups (broad SMARTS) is 1. The molecule has 1 amide bonds. The molecule has 1 N–H and O–H groups in total. The van der Waals surface area contributed by atoms with Crippen molar-refractivity contribution < 1.29 is 24.2 Å². The van der Waals surface area contributed by atoms with Crippen molar-refractivity contribution in [2.45, 2.75) is 5.92 Å². The quantitative estimate of drug-likeness (QED) is 0.917. The van der Waals surface area contributed by atoms with Gasteiger partial charge in [0.2, 0.25) is 0 Å². The first-order valence-corrected chi connectivity index (χ1v) is 7.68. The monoisotopic (exact) mass is 325 g/mol. The number of carbonyl (C=O) groups excluding carboxylic acids is 1. The van der Waals surface area contributed by atoms with Crippen LogP contribution in [0.4, 0.5) is 5.69 Å². The number of hydrogen-bond acceptors (Lipinski definition) is 4. The topological polar surface area (TPSA) is 76.1 Å². The van der Waals surface area contributed by atoms with E-state index in [1.165, 1.54) is 4.90 Å². The van der Waals surface area contributed by atoms with Crippen LogP contribution in [0.2, 0.25) is 0 Å². The molecule has 0 bridgehead atoms. The summed E-state index contributed by atoms with van der Waals surface area (Å²) in [5, 5.41) is 9.41. The summed E-state index contributed by atoms with van der Waals surface area (Å²) in [6, 6.07) is 12.1. The molecule has 6 nitrogen and oxygen atoms in total. The van der Waals surface area contributed by atoms with Crippen molar-refractivity contribution in [3.05, 3.63) is 53.6 Å². The highest BCUT2D eigenvalue weighted by Crippen LogP contribution is 2.38. The zero-order valence-corrected chi connectivity index (χ0v) is 12.8. The molecule has 2 aliphatic rings. The Labute approximate surface area is 138 Å². The second-order valence-electron chi connectivity index (χ2n) is 5.72. The van der Waals surface area contributed by atoms with Gasteiger partial charge in [-0.25, -0.2) is 0 Å². The van der Waals surface area contributed by atoms with Gasteiger partial charge >= 0.3 is 5.97 Å². The van der Waals surface area contributed by atoms with Crippen molar-refractivity contribution in [1.29, 1.82) is 0 Å². The third-order valence-corrected chi connectivity index (χ3v) is 4.30. The maximum Gasteiger partial charge on any atom is 0.312 e. The lowest BCUT2D eigenvalue weighted by atomic mass is 10.0. The molecule has 2 heterocycles. The van der Waals surface area contributed by atoms with Crippen molar-refractivity contribution in [3.63, 3.8) is 0 Å². The Hall–Kier alpha value is -3.02. The molecule has 0 aromatic heterocycles. The minimum absolute atomic E-state index is 0.127. The van der Waals surface area contributed by atoms with E-state index in [-0.39, 0.29) is 12.5 Å². The minimum atomic E-state index is -0.931. The summed E-state index contributed by atoms with van der Waals surface area (Å²) in [5.41, 5.74) is 1.75. The van der Waals surface area contributed by atoms with Gasteiger partial charge in [0, 0.05) is 17.8 Å². The maximum absolute atomic E-state index is 12.9. The number of aliphatic carboxylic acids is 1. The SMILES string of the molecule is O=C(O)[C@H]1CN(C(=O)c2ccc3c(c2)OCCO3)c2ccccc21. The van der Waals surface area contributed by atoms with Crippen molar-refractivity contribution in [2.75, 3.05) is 24.7 Å². The van der Waals surface area contributed by atoms with Gasteiger partial charge in [-0.1, -0.05) is 18.2 Å². The number of rotatable bonds is 2. The molecule has 122 valence electrons. The van der Waals surface area contributed by atoms with E-state index < -0.39 is 11.9 Å². The molecule has 0 aliphatic carbocycles. The number of anilines is 1. The number of fused-ring (bicyclic) bond motifs is 2. The van der Waals surface area contributed by atoms with Crippen LogP contribution < -0.4 is 14.4 Å². The fraction of sp³-hybridized carbons (Fsp3) is 0.222. The van der Waals surface area contributed by atoms with Gasteiger partial charge in [0.15, 0.2) is 11.5 Å². The molecule has 0 spiro atoms. The summed E-state index contributed by atoms with van der Waals surface area (Å²) < 4.78 is 11.0. The molecule has 0 unspecified atom stereocenters. The van der Waals surface area contributed by atoms with Crippen molar-refractivity contribution in [1.82, 2.24) is 0 Å². The largest absolute Gasteiger partial charge is 0.486 e. The average Bonchev–Trinajstić information content (AvgIpc) is 3.00. The predicted molar refractivity (Wildman–Crippen MR) is 85.9 cm³/mol. The van der Waals surface area contributed by atoms with Crippen LogP contribution in [0.5, 0.6) is 11.5 Å². The first-order chi connectivity index (χ1) is 11.6. The molecular formula is C18H15NO5. The molecule has 0 radical (unpaired) electrons. The van der Waals surface area contributed by atoms with Crippen LogP contribution in [-0.4, -0.2) is 36.7 Å². The van der Waals surface area contributed by atoms with E-state index in [1.807, 2.05) is 0 Å². The number of carboxylic acids is 1. The van der Waals surface area contributed by atoms with Gasteiger partial charge in [0.1, 0.15) is 19.1 Å². The third kappa shape index (κ3) is 2.27. The van der Waals surface area contributed by atoms with Crippen molar-refractivity contribution >= 4 is 17.6 Å². The van der Waals surface area contributed by atoms with Crippen molar-refractivity contribution in [3.8, 4) is 11.5 Å². The first-order valence-electron chi connectivity index (χ1n) is 7.68. The van der Waals surface area contributed by atoms with Crippen molar-refractivity contribution in [2.24, 2.45) is 0 Å². The molecule has 24 heavy (non-hydrogen) atoms. The highest BCUT2D eigenvalue weighted by molar-refractivity contribution is 6.09. The Morgan fingerprint density at radius 2 is 1.79 bits per heavy atom. The lowest BCUT2D eigenvalue weighted by Gasteiger charge is -2.21. The zero-order valence-electron chi connectivity index (χ0n) is 12.8. The number of nitrogens with zero attached hydrogens (tertiary/aromatic N) is 1. The van der Waals surface area contributed by atoms with Crippen LogP contribution in [0.25, 0.3) is 0 Å². The predicted octanol–water partition coefficient (Wildman–Crippen LogP) is 2.29. The van der Waals surface area contributed by atoms with E-state index in [1.54, 1.807) is 42.5 Å². The van der Waals surface area contributed by atoms with Gasteiger partial charge in [-0.2, -0.15) is 0 Å². The zero-order chi connectivity index (χ0) is 16.7. The molecule has 4 rings (SSSR count). The van der Waals surface area contributed by atoms with Crippen LogP contribution in [0.15, 0.2) is 42.5 Å². The molecule has 2 aliphatic heterocycles. The van der Waals surface area contributed by atoms with E-state index in [2.05, 4.69) is 0 Å². The fourth-order valence-electron chi connectivity index (χ4n) is 3.14. The minimum Gasteiger partial charge on any atom is -0.486 e. The van der Waals surface area contributed by atoms with Gasteiger partial charge in [0.05, 0.1) is 0 Å². The second-order valence-corrected chi connectivity index (χ2v) is 5.72. The Bertz CT molecular complexity index is 832. The van der Waals surface area contributed by atoms with E-state index in [0.29, 0.717) is 41.5 Å². The summed E-state index contributed by atoms with van der Waals surface area (Å²) in [7, 11) is 0. The summed E-state index contributed by atoms with van der Waals surface area (Å²) in [6.07, 6.45) is 0. The normalized spacial score (nSPS) is 18.2. The van der Waals surface area contributed by atoms with Crippen LogP contribution in [0, 0.1) is 0 Å². The smallest absolute Gasteiger partial charge is 0.312 e. The number of amides is 1.